The van der Waals surface area contributed by atoms with Crippen molar-refractivity contribution in [1.82, 2.24) is 0 Å². The minimum atomic E-state index is -2.90. The molecule has 172 valence electrons. The molecule has 4 rings (SSSR count). The van der Waals surface area contributed by atoms with Gasteiger partial charge in [-0.25, -0.2) is 0 Å². The number of rotatable bonds is 7. The van der Waals surface area contributed by atoms with Gasteiger partial charge in [-0.15, -0.1) is 0 Å². The molecule has 2 aliphatic heterocycles. The van der Waals surface area contributed by atoms with Crippen molar-refractivity contribution in [3.05, 3.63) is 54.1 Å². The first-order valence-corrected chi connectivity index (χ1v) is 14.3. The molecule has 32 heavy (non-hydrogen) atoms. The number of amides is 1. The van der Waals surface area contributed by atoms with E-state index in [1.807, 2.05) is 42.5 Å². The average Bonchev–Trinajstić information content (AvgIpc) is 3.08. The van der Waals surface area contributed by atoms with Gasteiger partial charge in [0.1, 0.15) is 5.75 Å². The van der Waals surface area contributed by atoms with Crippen LogP contribution in [-0.2, 0) is 16.0 Å². The van der Waals surface area contributed by atoms with E-state index in [2.05, 4.69) is 13.0 Å². The summed E-state index contributed by atoms with van der Waals surface area (Å²) >= 11 is 0. The zero-order valence-corrected chi connectivity index (χ0v) is 20.0. The standard InChI is InChI=1S/C25H32FNO4Si/c1-17-21(31-23(13-14-28)25(17)32(2,3)26)12-11-18-7-6-8-19(15-18)27-20-9-4-5-10-22(20)30-16-24(27)29/h4-10,15,17,21,23,25,28H,11-14,16H2,1-3H3/t17-,21+,23-,25+/m0/s1. The molecule has 0 aliphatic carbocycles. The average molecular weight is 458 g/mol. The van der Waals surface area contributed by atoms with Gasteiger partial charge in [0.05, 0.1) is 17.9 Å². The Morgan fingerprint density at radius 1 is 1.12 bits per heavy atom. The second kappa shape index (κ2) is 9.33. The highest BCUT2D eigenvalue weighted by Crippen LogP contribution is 2.46. The van der Waals surface area contributed by atoms with E-state index in [0.717, 1.165) is 29.8 Å². The first kappa shape index (κ1) is 23.0. The fourth-order valence-corrected chi connectivity index (χ4v) is 7.92. The van der Waals surface area contributed by atoms with Crippen LogP contribution in [0.2, 0.25) is 18.6 Å². The third kappa shape index (κ3) is 4.60. The van der Waals surface area contributed by atoms with Crippen molar-refractivity contribution in [2.24, 2.45) is 5.92 Å². The molecule has 4 atom stereocenters. The first-order valence-electron chi connectivity index (χ1n) is 11.4. The zero-order chi connectivity index (χ0) is 22.9. The smallest absolute Gasteiger partial charge is 0.269 e. The van der Waals surface area contributed by atoms with Crippen molar-refractivity contribution in [2.75, 3.05) is 18.1 Å². The minimum absolute atomic E-state index is 0.0161. The van der Waals surface area contributed by atoms with Gasteiger partial charge in [0.2, 0.25) is 8.41 Å². The number of halogens is 1. The SMILES string of the molecule is C[C@@H]1[C@@H]([Si](C)(C)F)[C@H](CCO)O[C@@H]1CCc1cccc(N2C(=O)COc3ccccc32)c1. The van der Waals surface area contributed by atoms with E-state index in [4.69, 9.17) is 9.47 Å². The molecule has 0 aromatic heterocycles. The maximum absolute atomic E-state index is 15.0. The van der Waals surface area contributed by atoms with Crippen LogP contribution < -0.4 is 9.64 Å². The normalized spacial score (nSPS) is 25.5. The number of nitrogens with zero attached hydrogens (tertiary/aromatic N) is 1. The largest absolute Gasteiger partial charge is 0.482 e. The van der Waals surface area contributed by atoms with E-state index in [9.17, 15) is 9.90 Å². The molecule has 2 aliphatic rings. The molecular formula is C25H32FNO4Si. The summed E-state index contributed by atoms with van der Waals surface area (Å²) in [5, 5.41) is 9.41. The highest BCUT2D eigenvalue weighted by molar-refractivity contribution is 6.72. The summed E-state index contributed by atoms with van der Waals surface area (Å²) in [5.74, 6) is 0.720. The quantitative estimate of drug-likeness (QED) is 0.469. The minimum Gasteiger partial charge on any atom is -0.482 e. The third-order valence-corrected chi connectivity index (χ3v) is 9.19. The van der Waals surface area contributed by atoms with Crippen molar-refractivity contribution >= 4 is 25.7 Å². The van der Waals surface area contributed by atoms with Gasteiger partial charge < -0.3 is 18.7 Å². The summed E-state index contributed by atoms with van der Waals surface area (Å²) in [6.45, 7) is 5.60. The molecule has 2 aromatic carbocycles. The number of aliphatic hydroxyl groups excluding tert-OH is 1. The Morgan fingerprint density at radius 3 is 2.66 bits per heavy atom. The van der Waals surface area contributed by atoms with Crippen molar-refractivity contribution < 1.29 is 23.5 Å². The van der Waals surface area contributed by atoms with Gasteiger partial charge in [-0.3, -0.25) is 9.69 Å². The molecule has 2 heterocycles. The number of fused-ring (bicyclic) bond motifs is 1. The highest BCUT2D eigenvalue weighted by atomic mass is 28.4. The van der Waals surface area contributed by atoms with E-state index in [1.54, 1.807) is 18.0 Å². The molecule has 0 spiro atoms. The lowest BCUT2D eigenvalue weighted by molar-refractivity contribution is -0.120. The van der Waals surface area contributed by atoms with Gasteiger partial charge >= 0.3 is 0 Å². The molecule has 1 fully saturated rings. The topological polar surface area (TPSA) is 59.0 Å². The molecule has 7 heteroatoms. The number of carbonyl (C=O) groups excluding carboxylic acids is 1. The van der Waals surface area contributed by atoms with Crippen LogP contribution in [-0.4, -0.2) is 44.8 Å². The van der Waals surface area contributed by atoms with Crippen LogP contribution in [0.25, 0.3) is 0 Å². The van der Waals surface area contributed by atoms with Gasteiger partial charge in [-0.2, -0.15) is 0 Å². The predicted octanol–water partition coefficient (Wildman–Crippen LogP) is 5.01. The molecule has 5 nitrogen and oxygen atoms in total. The molecule has 0 radical (unpaired) electrons. The summed E-state index contributed by atoms with van der Waals surface area (Å²) in [4.78, 5) is 14.3. The fraction of sp³-hybridized carbons (Fsp3) is 0.480. The van der Waals surface area contributed by atoms with Gasteiger partial charge in [0, 0.05) is 17.8 Å². The van der Waals surface area contributed by atoms with Gasteiger partial charge in [-0.05, 0) is 68.1 Å². The van der Waals surface area contributed by atoms with Crippen LogP contribution in [0.5, 0.6) is 5.75 Å². The van der Waals surface area contributed by atoms with Gasteiger partial charge in [-0.1, -0.05) is 31.2 Å². The monoisotopic (exact) mass is 457 g/mol. The Labute approximate surface area is 190 Å². The molecule has 0 saturated carbocycles. The van der Waals surface area contributed by atoms with Crippen molar-refractivity contribution in [3.63, 3.8) is 0 Å². The van der Waals surface area contributed by atoms with Crippen molar-refractivity contribution in [2.45, 2.75) is 57.0 Å². The second-order valence-electron chi connectivity index (χ2n) is 9.37. The lowest BCUT2D eigenvalue weighted by Gasteiger charge is -2.29. The van der Waals surface area contributed by atoms with E-state index in [1.165, 1.54) is 0 Å². The molecule has 2 aromatic rings. The van der Waals surface area contributed by atoms with Gasteiger partial charge in [0.15, 0.2) is 6.61 Å². The Hall–Kier alpha value is -2.22. The number of ether oxygens (including phenoxy) is 2. The maximum atomic E-state index is 15.0. The Kier molecular flexibility index (Phi) is 6.69. The number of anilines is 2. The number of aryl methyl sites for hydroxylation is 1. The summed E-state index contributed by atoms with van der Waals surface area (Å²) < 4.78 is 26.8. The summed E-state index contributed by atoms with van der Waals surface area (Å²) in [7, 11) is -2.90. The zero-order valence-electron chi connectivity index (χ0n) is 19.0. The summed E-state index contributed by atoms with van der Waals surface area (Å²) in [6.07, 6.45) is 1.80. The van der Waals surface area contributed by atoms with Crippen LogP contribution in [0.3, 0.4) is 0 Å². The van der Waals surface area contributed by atoms with Crippen LogP contribution in [0.4, 0.5) is 15.5 Å². The Balaban J connectivity index is 1.49. The number of hydrogen-bond acceptors (Lipinski definition) is 4. The van der Waals surface area contributed by atoms with E-state index >= 15 is 4.11 Å². The Bertz CT molecular complexity index is 963. The van der Waals surface area contributed by atoms with Crippen LogP contribution in [0.15, 0.2) is 48.5 Å². The fourth-order valence-electron chi connectivity index (χ4n) is 5.32. The molecule has 1 saturated heterocycles. The lowest BCUT2D eigenvalue weighted by atomic mass is 9.95. The van der Waals surface area contributed by atoms with E-state index < -0.39 is 8.41 Å². The van der Waals surface area contributed by atoms with Gasteiger partial charge in [0.25, 0.3) is 5.91 Å². The summed E-state index contributed by atoms with van der Waals surface area (Å²) in [6, 6.07) is 15.5. The number of para-hydroxylation sites is 2. The second-order valence-corrected chi connectivity index (χ2v) is 13.2. The van der Waals surface area contributed by atoms with E-state index in [0.29, 0.717) is 12.2 Å². The number of hydrogen-bond donors (Lipinski definition) is 1. The first-order chi connectivity index (χ1) is 15.3. The van der Waals surface area contributed by atoms with Crippen LogP contribution >= 0.6 is 0 Å². The predicted molar refractivity (Wildman–Crippen MR) is 126 cm³/mol. The Morgan fingerprint density at radius 2 is 1.91 bits per heavy atom. The summed E-state index contributed by atoms with van der Waals surface area (Å²) in [5.41, 5.74) is 2.57. The molecular weight excluding hydrogens is 425 g/mol. The highest BCUT2D eigenvalue weighted by Gasteiger charge is 2.50. The van der Waals surface area contributed by atoms with Crippen LogP contribution in [0, 0.1) is 5.92 Å². The molecule has 1 amide bonds. The van der Waals surface area contributed by atoms with Crippen LogP contribution in [0.1, 0.15) is 25.3 Å². The van der Waals surface area contributed by atoms with Crippen molar-refractivity contribution in [1.29, 1.82) is 0 Å². The third-order valence-electron chi connectivity index (χ3n) is 6.70. The number of aliphatic hydroxyl groups is 1. The lowest BCUT2D eigenvalue weighted by Crippen LogP contribution is -2.36. The van der Waals surface area contributed by atoms with Crippen molar-refractivity contribution in [3.8, 4) is 5.75 Å². The number of benzene rings is 2. The maximum Gasteiger partial charge on any atom is 0.269 e. The molecule has 0 unspecified atom stereocenters. The molecule has 1 N–H and O–H groups in total. The van der Waals surface area contributed by atoms with E-state index in [-0.39, 0.29) is 42.8 Å². The number of carbonyl (C=O) groups is 1. The molecule has 0 bridgehead atoms.